The molecule has 0 spiro atoms. The standard InChI is InChI=1S/C31H36BrClN2O3/c1-5-22(4)34-31(37)28(17-23-9-7-6-8-10-23)35(19-24-11-14-26(33)15-12-24)30(36)20-38-29-16-13-25(21(2)3)18-27(29)32/h6-16,18,21-22,28H,5,17,19-20H2,1-4H3,(H,34,37)/t22-,28+/m0/s1. The number of hydrogen-bond donors (Lipinski definition) is 1. The van der Waals surface area contributed by atoms with Gasteiger partial charge in [0.25, 0.3) is 5.91 Å². The number of ether oxygens (including phenoxy) is 1. The number of benzene rings is 3. The summed E-state index contributed by atoms with van der Waals surface area (Å²) in [7, 11) is 0. The van der Waals surface area contributed by atoms with E-state index < -0.39 is 6.04 Å². The molecule has 1 N–H and O–H groups in total. The third-order valence-corrected chi connectivity index (χ3v) is 7.38. The van der Waals surface area contributed by atoms with Crippen molar-refractivity contribution in [3.63, 3.8) is 0 Å². The first-order valence-corrected chi connectivity index (χ1v) is 14.2. The van der Waals surface area contributed by atoms with Crippen LogP contribution in [0.15, 0.2) is 77.3 Å². The minimum absolute atomic E-state index is 0.0139. The second kappa shape index (κ2) is 14.4. The fraction of sp³-hybridized carbons (Fsp3) is 0.355. The zero-order chi connectivity index (χ0) is 27.7. The quantitative estimate of drug-likeness (QED) is 0.240. The maximum absolute atomic E-state index is 13.7. The van der Waals surface area contributed by atoms with Crippen molar-refractivity contribution in [2.24, 2.45) is 0 Å². The van der Waals surface area contributed by atoms with Gasteiger partial charge < -0.3 is 15.0 Å². The minimum atomic E-state index is -0.718. The molecule has 5 nitrogen and oxygen atoms in total. The van der Waals surface area contributed by atoms with Gasteiger partial charge in [0.2, 0.25) is 5.91 Å². The molecule has 0 aliphatic heterocycles. The molecule has 0 radical (unpaired) electrons. The van der Waals surface area contributed by atoms with Gasteiger partial charge in [-0.15, -0.1) is 0 Å². The van der Waals surface area contributed by atoms with Crippen molar-refractivity contribution >= 4 is 39.3 Å². The minimum Gasteiger partial charge on any atom is -0.483 e. The van der Waals surface area contributed by atoms with Crippen molar-refractivity contribution in [2.45, 2.75) is 65.1 Å². The van der Waals surface area contributed by atoms with Gasteiger partial charge in [-0.3, -0.25) is 9.59 Å². The van der Waals surface area contributed by atoms with E-state index in [1.54, 1.807) is 17.0 Å². The number of carbonyl (C=O) groups excluding carboxylic acids is 2. The Bertz CT molecular complexity index is 1200. The van der Waals surface area contributed by atoms with Crippen molar-refractivity contribution in [3.8, 4) is 5.75 Å². The van der Waals surface area contributed by atoms with Crippen molar-refractivity contribution in [1.29, 1.82) is 0 Å². The van der Waals surface area contributed by atoms with Crippen molar-refractivity contribution in [2.75, 3.05) is 6.61 Å². The smallest absolute Gasteiger partial charge is 0.261 e. The van der Waals surface area contributed by atoms with Crippen LogP contribution in [0.4, 0.5) is 0 Å². The maximum Gasteiger partial charge on any atom is 0.261 e. The van der Waals surface area contributed by atoms with Crippen LogP contribution in [0.3, 0.4) is 0 Å². The Balaban J connectivity index is 1.91. The van der Waals surface area contributed by atoms with Crippen LogP contribution in [-0.4, -0.2) is 35.4 Å². The summed E-state index contributed by atoms with van der Waals surface area (Å²) in [5, 5.41) is 3.69. The summed E-state index contributed by atoms with van der Waals surface area (Å²) in [6.45, 7) is 8.28. The molecule has 3 aromatic rings. The lowest BCUT2D eigenvalue weighted by molar-refractivity contribution is -0.143. The highest BCUT2D eigenvalue weighted by atomic mass is 79.9. The molecule has 0 fully saturated rings. The van der Waals surface area contributed by atoms with Crippen LogP contribution >= 0.6 is 27.5 Å². The Morgan fingerprint density at radius 1 is 0.974 bits per heavy atom. The Morgan fingerprint density at radius 3 is 2.26 bits per heavy atom. The largest absolute Gasteiger partial charge is 0.483 e. The Hall–Kier alpha value is -2.83. The molecule has 0 aliphatic rings. The van der Waals surface area contributed by atoms with E-state index in [1.807, 2.05) is 74.5 Å². The summed E-state index contributed by atoms with van der Waals surface area (Å²) in [5.41, 5.74) is 3.02. The summed E-state index contributed by atoms with van der Waals surface area (Å²) in [5.74, 6) is 0.491. The Kier molecular flexibility index (Phi) is 11.2. The summed E-state index contributed by atoms with van der Waals surface area (Å²) in [6, 6.07) is 22.2. The van der Waals surface area contributed by atoms with Gasteiger partial charge >= 0.3 is 0 Å². The molecular formula is C31H36BrClN2O3. The lowest BCUT2D eigenvalue weighted by Gasteiger charge is -2.32. The van der Waals surface area contributed by atoms with E-state index in [2.05, 4.69) is 35.1 Å². The summed E-state index contributed by atoms with van der Waals surface area (Å²) in [6.07, 6.45) is 1.17. The SMILES string of the molecule is CC[C@H](C)NC(=O)[C@@H](Cc1ccccc1)N(Cc1ccc(Cl)cc1)C(=O)COc1ccc(C(C)C)cc1Br. The summed E-state index contributed by atoms with van der Waals surface area (Å²) >= 11 is 9.67. The molecule has 0 heterocycles. The molecular weight excluding hydrogens is 564 g/mol. The van der Waals surface area contributed by atoms with Gasteiger partial charge in [-0.1, -0.05) is 80.9 Å². The van der Waals surface area contributed by atoms with Crippen LogP contribution in [0.5, 0.6) is 5.75 Å². The molecule has 0 saturated carbocycles. The molecule has 3 aromatic carbocycles. The molecule has 2 atom stereocenters. The van der Waals surface area contributed by atoms with Gasteiger partial charge in [-0.05, 0) is 76.1 Å². The Morgan fingerprint density at radius 2 is 1.66 bits per heavy atom. The van der Waals surface area contributed by atoms with Gasteiger partial charge in [-0.25, -0.2) is 0 Å². The van der Waals surface area contributed by atoms with Crippen molar-refractivity contribution < 1.29 is 14.3 Å². The van der Waals surface area contributed by atoms with E-state index >= 15 is 0 Å². The number of halogens is 2. The van der Waals surface area contributed by atoms with E-state index in [4.69, 9.17) is 16.3 Å². The van der Waals surface area contributed by atoms with E-state index in [1.165, 1.54) is 5.56 Å². The first kappa shape index (κ1) is 29.7. The number of rotatable bonds is 12. The van der Waals surface area contributed by atoms with Crippen LogP contribution in [0.2, 0.25) is 5.02 Å². The van der Waals surface area contributed by atoms with Gasteiger partial charge in [0, 0.05) is 24.0 Å². The van der Waals surface area contributed by atoms with E-state index in [9.17, 15) is 9.59 Å². The maximum atomic E-state index is 13.7. The van der Waals surface area contributed by atoms with Crippen LogP contribution in [0, 0.1) is 0 Å². The zero-order valence-electron chi connectivity index (χ0n) is 22.4. The number of amides is 2. The molecule has 202 valence electrons. The molecule has 0 saturated heterocycles. The van der Waals surface area contributed by atoms with Gasteiger partial charge in [0.05, 0.1) is 4.47 Å². The highest BCUT2D eigenvalue weighted by Gasteiger charge is 2.31. The first-order valence-electron chi connectivity index (χ1n) is 13.0. The van der Waals surface area contributed by atoms with Gasteiger partial charge in [0.1, 0.15) is 11.8 Å². The normalized spacial score (nSPS) is 12.6. The highest BCUT2D eigenvalue weighted by Crippen LogP contribution is 2.29. The topological polar surface area (TPSA) is 58.6 Å². The number of nitrogens with zero attached hydrogens (tertiary/aromatic N) is 1. The average molecular weight is 600 g/mol. The van der Waals surface area contributed by atoms with E-state index in [-0.39, 0.29) is 31.0 Å². The van der Waals surface area contributed by atoms with E-state index in [0.717, 1.165) is 22.0 Å². The second-order valence-corrected chi connectivity index (χ2v) is 11.1. The number of nitrogens with one attached hydrogen (secondary N) is 1. The van der Waals surface area contributed by atoms with Crippen molar-refractivity contribution in [3.05, 3.63) is 99.0 Å². The van der Waals surface area contributed by atoms with Crippen LogP contribution in [-0.2, 0) is 22.6 Å². The summed E-state index contributed by atoms with van der Waals surface area (Å²) < 4.78 is 6.75. The Labute approximate surface area is 239 Å². The molecule has 0 bridgehead atoms. The average Bonchev–Trinajstić information content (AvgIpc) is 2.91. The predicted octanol–water partition coefficient (Wildman–Crippen LogP) is 7.16. The monoisotopic (exact) mass is 598 g/mol. The van der Waals surface area contributed by atoms with Gasteiger partial charge in [-0.2, -0.15) is 0 Å². The van der Waals surface area contributed by atoms with Crippen LogP contribution < -0.4 is 10.1 Å². The third kappa shape index (κ3) is 8.60. The van der Waals surface area contributed by atoms with E-state index in [0.29, 0.717) is 23.1 Å². The fourth-order valence-corrected chi connectivity index (χ4v) is 4.63. The van der Waals surface area contributed by atoms with Crippen LogP contribution in [0.1, 0.15) is 56.7 Å². The van der Waals surface area contributed by atoms with Crippen LogP contribution in [0.25, 0.3) is 0 Å². The second-order valence-electron chi connectivity index (χ2n) is 9.80. The molecule has 0 unspecified atom stereocenters. The summed E-state index contributed by atoms with van der Waals surface area (Å²) in [4.78, 5) is 28.9. The molecule has 7 heteroatoms. The zero-order valence-corrected chi connectivity index (χ0v) is 24.8. The molecule has 0 aliphatic carbocycles. The first-order chi connectivity index (χ1) is 18.2. The third-order valence-electron chi connectivity index (χ3n) is 6.51. The lowest BCUT2D eigenvalue weighted by Crippen LogP contribution is -2.53. The highest BCUT2D eigenvalue weighted by molar-refractivity contribution is 9.10. The lowest BCUT2D eigenvalue weighted by atomic mass is 10.0. The van der Waals surface area contributed by atoms with Crippen molar-refractivity contribution in [1.82, 2.24) is 10.2 Å². The fourth-order valence-electron chi connectivity index (χ4n) is 4.00. The predicted molar refractivity (Wildman–Crippen MR) is 158 cm³/mol. The molecule has 2 amide bonds. The number of hydrogen-bond acceptors (Lipinski definition) is 3. The van der Waals surface area contributed by atoms with Gasteiger partial charge in [0.15, 0.2) is 6.61 Å². The molecule has 38 heavy (non-hydrogen) atoms. The molecule has 0 aromatic heterocycles. The number of carbonyl (C=O) groups is 2. The molecule has 3 rings (SSSR count).